The number of aromatic nitrogens is 1. The number of carbonyl (C=O) groups excluding carboxylic acids is 1. The van der Waals surface area contributed by atoms with Crippen LogP contribution in [0.25, 0.3) is 10.9 Å². The molecule has 0 aliphatic carbocycles. The fourth-order valence-electron chi connectivity index (χ4n) is 5.35. The molecule has 2 heterocycles. The zero-order chi connectivity index (χ0) is 24.0. The average molecular weight is 460 g/mol. The number of aromatic amines is 1. The zero-order valence-electron chi connectivity index (χ0n) is 18.7. The summed E-state index contributed by atoms with van der Waals surface area (Å²) in [6, 6.07) is 32.1. The van der Waals surface area contributed by atoms with E-state index in [0.29, 0.717) is 12.0 Å². The van der Waals surface area contributed by atoms with E-state index >= 15 is 0 Å². The lowest BCUT2D eigenvalue weighted by atomic mass is 9.77. The number of nitro groups is 1. The number of anilines is 1. The number of carbonyl (C=O) groups is 1. The molecule has 0 saturated carbocycles. The third kappa shape index (κ3) is 3.14. The van der Waals surface area contributed by atoms with E-state index in [-0.39, 0.29) is 16.5 Å². The van der Waals surface area contributed by atoms with Gasteiger partial charge in [-0.05, 0) is 35.4 Å². The number of para-hydroxylation sites is 1. The standard InChI is InChI=1S/C29H21N3O3/c33-28-23-13-7-8-14-25(23)29(18-20-9-3-1-4-10-20,31(28)21-11-5-2-6-12-21)26-19-30-27-16-15-22(32(34)35)17-24(26)27/h1-17,19,30H,18H2. The van der Waals surface area contributed by atoms with Crippen molar-refractivity contribution in [2.24, 2.45) is 0 Å². The molecule has 0 spiro atoms. The molecule has 1 atom stereocenters. The van der Waals surface area contributed by atoms with E-state index in [0.717, 1.165) is 33.3 Å². The van der Waals surface area contributed by atoms with E-state index in [4.69, 9.17) is 0 Å². The van der Waals surface area contributed by atoms with E-state index in [1.807, 2.05) is 96.0 Å². The summed E-state index contributed by atoms with van der Waals surface area (Å²) in [6.07, 6.45) is 2.39. The van der Waals surface area contributed by atoms with Crippen LogP contribution in [0.5, 0.6) is 0 Å². The molecule has 0 fully saturated rings. The highest BCUT2D eigenvalue weighted by molar-refractivity contribution is 6.13. The van der Waals surface area contributed by atoms with Crippen molar-refractivity contribution in [1.29, 1.82) is 0 Å². The van der Waals surface area contributed by atoms with Gasteiger partial charge >= 0.3 is 0 Å². The van der Waals surface area contributed by atoms with Crippen LogP contribution in [-0.2, 0) is 12.0 Å². The van der Waals surface area contributed by atoms with Crippen LogP contribution >= 0.6 is 0 Å². The molecule has 1 aliphatic heterocycles. The van der Waals surface area contributed by atoms with Crippen LogP contribution in [0.1, 0.15) is 27.0 Å². The number of nitrogens with zero attached hydrogens (tertiary/aromatic N) is 2. The van der Waals surface area contributed by atoms with Gasteiger partial charge in [0.25, 0.3) is 11.6 Å². The van der Waals surface area contributed by atoms with Gasteiger partial charge in [0.05, 0.1) is 4.92 Å². The van der Waals surface area contributed by atoms with Gasteiger partial charge in [-0.2, -0.15) is 0 Å². The molecule has 1 amide bonds. The van der Waals surface area contributed by atoms with E-state index in [1.165, 1.54) is 6.07 Å². The molecule has 1 aromatic heterocycles. The van der Waals surface area contributed by atoms with Crippen molar-refractivity contribution in [3.05, 3.63) is 142 Å². The van der Waals surface area contributed by atoms with Gasteiger partial charge in [0.1, 0.15) is 5.54 Å². The summed E-state index contributed by atoms with van der Waals surface area (Å²) in [5.41, 5.74) is 4.03. The Hall–Kier alpha value is -4.71. The SMILES string of the molecule is O=C1c2ccccc2C(Cc2ccccc2)(c2c[nH]c3ccc([N+](=O)[O-])cc23)N1c1ccccc1. The summed E-state index contributed by atoms with van der Waals surface area (Å²) >= 11 is 0. The zero-order valence-corrected chi connectivity index (χ0v) is 18.7. The number of amides is 1. The number of nitrogens with one attached hydrogen (secondary N) is 1. The van der Waals surface area contributed by atoms with Gasteiger partial charge in [-0.1, -0.05) is 66.7 Å². The molecule has 0 radical (unpaired) electrons. The molecule has 5 aromatic rings. The maximum atomic E-state index is 14.0. The predicted octanol–water partition coefficient (Wildman–Crippen LogP) is 6.22. The number of hydrogen-bond donors (Lipinski definition) is 1. The van der Waals surface area contributed by atoms with Crippen LogP contribution in [0, 0.1) is 10.1 Å². The number of benzene rings is 4. The molecule has 1 unspecified atom stereocenters. The Morgan fingerprint density at radius 1 is 0.829 bits per heavy atom. The molecule has 170 valence electrons. The molecular formula is C29H21N3O3. The molecule has 6 nitrogen and oxygen atoms in total. The Morgan fingerprint density at radius 2 is 1.51 bits per heavy atom. The summed E-state index contributed by atoms with van der Waals surface area (Å²) in [5.74, 6) is -0.0949. The Bertz CT molecular complexity index is 1580. The Morgan fingerprint density at radius 3 is 2.26 bits per heavy atom. The number of nitro benzene ring substituents is 1. The van der Waals surface area contributed by atoms with Gasteiger partial charge < -0.3 is 4.98 Å². The van der Waals surface area contributed by atoms with Crippen LogP contribution in [0.3, 0.4) is 0 Å². The molecule has 6 rings (SSSR count). The maximum absolute atomic E-state index is 14.0. The quantitative estimate of drug-likeness (QED) is 0.250. The number of fused-ring (bicyclic) bond motifs is 2. The summed E-state index contributed by atoms with van der Waals surface area (Å²) in [4.78, 5) is 30.4. The average Bonchev–Trinajstić information content (AvgIpc) is 3.43. The van der Waals surface area contributed by atoms with Crippen LogP contribution in [0.15, 0.2) is 109 Å². The first kappa shape index (κ1) is 20.9. The minimum Gasteiger partial charge on any atom is -0.361 e. The molecule has 0 saturated heterocycles. The van der Waals surface area contributed by atoms with Crippen LogP contribution in [-0.4, -0.2) is 15.8 Å². The monoisotopic (exact) mass is 459 g/mol. The molecule has 0 bridgehead atoms. The summed E-state index contributed by atoms with van der Waals surface area (Å²) < 4.78 is 0. The van der Waals surface area contributed by atoms with Gasteiger partial charge in [-0.15, -0.1) is 0 Å². The summed E-state index contributed by atoms with van der Waals surface area (Å²) in [6.45, 7) is 0. The minimum absolute atomic E-state index is 0.0112. The van der Waals surface area contributed by atoms with Crippen LogP contribution in [0.2, 0.25) is 0 Å². The minimum atomic E-state index is -0.913. The van der Waals surface area contributed by atoms with Crippen molar-refractivity contribution in [1.82, 2.24) is 4.98 Å². The van der Waals surface area contributed by atoms with Gasteiger partial charge in [-0.3, -0.25) is 19.8 Å². The summed E-state index contributed by atoms with van der Waals surface area (Å²) in [7, 11) is 0. The largest absolute Gasteiger partial charge is 0.361 e. The van der Waals surface area contributed by atoms with Gasteiger partial charge in [0, 0.05) is 52.5 Å². The highest BCUT2D eigenvalue weighted by atomic mass is 16.6. The smallest absolute Gasteiger partial charge is 0.270 e. The second-order valence-corrected chi connectivity index (χ2v) is 8.73. The van der Waals surface area contributed by atoms with E-state index in [1.54, 1.807) is 12.1 Å². The highest BCUT2D eigenvalue weighted by Crippen LogP contribution is 2.50. The van der Waals surface area contributed by atoms with Crippen molar-refractivity contribution in [2.45, 2.75) is 12.0 Å². The highest BCUT2D eigenvalue weighted by Gasteiger charge is 2.52. The Labute approximate surface area is 201 Å². The molecule has 1 aliphatic rings. The van der Waals surface area contributed by atoms with E-state index in [9.17, 15) is 14.9 Å². The number of H-pyrrole nitrogens is 1. The molecule has 1 N–H and O–H groups in total. The Balaban J connectivity index is 1.72. The van der Waals surface area contributed by atoms with Crippen LogP contribution in [0.4, 0.5) is 11.4 Å². The van der Waals surface area contributed by atoms with Crippen molar-refractivity contribution in [3.8, 4) is 0 Å². The first-order valence-corrected chi connectivity index (χ1v) is 11.4. The van der Waals surface area contributed by atoms with Crippen molar-refractivity contribution < 1.29 is 9.72 Å². The molecule has 35 heavy (non-hydrogen) atoms. The lowest BCUT2D eigenvalue weighted by Gasteiger charge is -2.40. The third-order valence-electron chi connectivity index (χ3n) is 6.83. The molecule has 6 heteroatoms. The first-order chi connectivity index (χ1) is 17.1. The van der Waals surface area contributed by atoms with Crippen molar-refractivity contribution in [3.63, 3.8) is 0 Å². The van der Waals surface area contributed by atoms with E-state index < -0.39 is 5.54 Å². The lowest BCUT2D eigenvalue weighted by molar-refractivity contribution is -0.384. The third-order valence-corrected chi connectivity index (χ3v) is 6.83. The van der Waals surface area contributed by atoms with Crippen molar-refractivity contribution in [2.75, 3.05) is 4.90 Å². The van der Waals surface area contributed by atoms with E-state index in [2.05, 4.69) is 4.98 Å². The number of rotatable bonds is 5. The number of hydrogen-bond acceptors (Lipinski definition) is 3. The molecule has 4 aromatic carbocycles. The Kier molecular flexibility index (Phi) is 4.74. The summed E-state index contributed by atoms with van der Waals surface area (Å²) in [5, 5.41) is 12.4. The fourth-order valence-corrected chi connectivity index (χ4v) is 5.35. The van der Waals surface area contributed by atoms with Gasteiger partial charge in [0.15, 0.2) is 0 Å². The lowest BCUT2D eigenvalue weighted by Crippen LogP contribution is -2.46. The predicted molar refractivity (Wildman–Crippen MR) is 136 cm³/mol. The second kappa shape index (κ2) is 7.95. The first-order valence-electron chi connectivity index (χ1n) is 11.4. The van der Waals surface area contributed by atoms with Gasteiger partial charge in [0.2, 0.25) is 0 Å². The van der Waals surface area contributed by atoms with Crippen LogP contribution < -0.4 is 4.90 Å². The number of non-ortho nitro benzene ring substituents is 1. The topological polar surface area (TPSA) is 79.2 Å². The van der Waals surface area contributed by atoms with Gasteiger partial charge in [-0.25, -0.2) is 0 Å². The second-order valence-electron chi connectivity index (χ2n) is 8.73. The molecular weight excluding hydrogens is 438 g/mol. The normalized spacial score (nSPS) is 17.0. The fraction of sp³-hybridized carbons (Fsp3) is 0.0690. The van der Waals surface area contributed by atoms with Crippen molar-refractivity contribution >= 4 is 28.2 Å². The maximum Gasteiger partial charge on any atom is 0.270 e.